The highest BCUT2D eigenvalue weighted by molar-refractivity contribution is 6.39. The van der Waals surface area contributed by atoms with E-state index in [9.17, 15) is 9.59 Å². The van der Waals surface area contributed by atoms with E-state index in [0.29, 0.717) is 6.54 Å². The molecule has 0 aliphatic carbocycles. The number of hydrogen-bond acceptors (Lipinski definition) is 3. The molecule has 1 N–H and O–H groups in total. The summed E-state index contributed by atoms with van der Waals surface area (Å²) in [6.07, 6.45) is 7.01. The van der Waals surface area contributed by atoms with Gasteiger partial charge in [-0.25, -0.2) is 5.43 Å². The summed E-state index contributed by atoms with van der Waals surface area (Å²) in [6.45, 7) is 2.81. The Morgan fingerprint density at radius 2 is 1.67 bits per heavy atom. The fourth-order valence-corrected chi connectivity index (χ4v) is 2.62. The molecule has 1 unspecified atom stereocenters. The number of Topliss-reactive ketones (excluding diaryl/α,β-unsaturated/α-hetero) is 1. The molecule has 1 aliphatic rings. The van der Waals surface area contributed by atoms with Gasteiger partial charge < -0.3 is 0 Å². The zero-order valence-electron chi connectivity index (χ0n) is 12.7. The average Bonchev–Trinajstić information content (AvgIpc) is 2.80. The maximum atomic E-state index is 12.0. The maximum Gasteiger partial charge on any atom is 0.306 e. The number of nitrogens with one attached hydrogen (secondary N) is 1. The highest BCUT2D eigenvalue weighted by Crippen LogP contribution is 2.21. The summed E-state index contributed by atoms with van der Waals surface area (Å²) in [7, 11) is 0. The Hall–Kier alpha value is -1.68. The van der Waals surface area contributed by atoms with Crippen LogP contribution < -0.4 is 5.43 Å². The van der Waals surface area contributed by atoms with Gasteiger partial charge in [0.05, 0.1) is 0 Å². The molecule has 2 rings (SSSR count). The molecule has 1 amide bonds. The van der Waals surface area contributed by atoms with Gasteiger partial charge in [0.25, 0.3) is 0 Å². The summed E-state index contributed by atoms with van der Waals surface area (Å²) in [5.41, 5.74) is 3.89. The average molecular weight is 288 g/mol. The second-order valence-electron chi connectivity index (χ2n) is 5.56. The van der Waals surface area contributed by atoms with E-state index < -0.39 is 11.9 Å². The smallest absolute Gasteiger partial charge is 0.286 e. The molecule has 0 saturated carbocycles. The first-order valence-electron chi connectivity index (χ1n) is 7.91. The van der Waals surface area contributed by atoms with Crippen molar-refractivity contribution in [3.8, 4) is 0 Å². The number of carbonyl (C=O) groups excluding carboxylic acids is 2. The van der Waals surface area contributed by atoms with Crippen LogP contribution >= 0.6 is 0 Å². The van der Waals surface area contributed by atoms with Crippen molar-refractivity contribution < 1.29 is 9.59 Å². The van der Waals surface area contributed by atoms with Gasteiger partial charge in [-0.1, -0.05) is 69.4 Å². The normalized spacial score (nSPS) is 18.5. The number of benzene rings is 1. The second-order valence-corrected chi connectivity index (χ2v) is 5.56. The molecule has 0 aromatic heterocycles. The maximum absolute atomic E-state index is 12.0. The molecule has 1 saturated heterocycles. The number of amides is 1. The Labute approximate surface area is 126 Å². The van der Waals surface area contributed by atoms with Crippen LogP contribution in [-0.4, -0.2) is 23.2 Å². The number of hydrazine groups is 1. The van der Waals surface area contributed by atoms with E-state index in [4.69, 9.17) is 0 Å². The van der Waals surface area contributed by atoms with Gasteiger partial charge >= 0.3 is 5.91 Å². The number of carbonyl (C=O) groups is 2. The third kappa shape index (κ3) is 4.14. The van der Waals surface area contributed by atoms with Gasteiger partial charge in [-0.3, -0.25) is 14.6 Å². The molecule has 1 aliphatic heterocycles. The largest absolute Gasteiger partial charge is 0.306 e. The Bertz CT molecular complexity index is 473. The highest BCUT2D eigenvalue weighted by atomic mass is 16.2. The molecular formula is C17H24N2O2. The van der Waals surface area contributed by atoms with E-state index in [0.717, 1.165) is 18.4 Å². The van der Waals surface area contributed by atoms with Crippen LogP contribution in [0, 0.1) is 0 Å². The number of nitrogens with zero attached hydrogens (tertiary/aromatic N) is 1. The van der Waals surface area contributed by atoms with Crippen LogP contribution in [0.4, 0.5) is 0 Å². The van der Waals surface area contributed by atoms with Crippen LogP contribution in [0.3, 0.4) is 0 Å². The minimum Gasteiger partial charge on any atom is -0.286 e. The molecule has 1 aromatic carbocycles. The first kappa shape index (κ1) is 15.7. The van der Waals surface area contributed by atoms with E-state index >= 15 is 0 Å². The Morgan fingerprint density at radius 1 is 1.00 bits per heavy atom. The van der Waals surface area contributed by atoms with Gasteiger partial charge in [-0.2, -0.15) is 0 Å². The fourth-order valence-electron chi connectivity index (χ4n) is 2.62. The molecule has 1 fully saturated rings. The summed E-state index contributed by atoms with van der Waals surface area (Å²) in [6, 6.07) is 8.89. The van der Waals surface area contributed by atoms with E-state index in [1.807, 2.05) is 30.3 Å². The minimum atomic E-state index is -0.515. The van der Waals surface area contributed by atoms with Crippen molar-refractivity contribution in [2.75, 3.05) is 6.54 Å². The molecule has 0 radical (unpaired) electrons. The summed E-state index contributed by atoms with van der Waals surface area (Å²) in [4.78, 5) is 24.0. The molecule has 114 valence electrons. The summed E-state index contributed by atoms with van der Waals surface area (Å²) >= 11 is 0. The molecule has 4 nitrogen and oxygen atoms in total. The van der Waals surface area contributed by atoms with E-state index in [1.165, 1.54) is 30.7 Å². The molecule has 21 heavy (non-hydrogen) atoms. The van der Waals surface area contributed by atoms with Crippen molar-refractivity contribution in [2.45, 2.75) is 51.5 Å². The first-order chi connectivity index (χ1) is 10.2. The van der Waals surface area contributed by atoms with Gasteiger partial charge in [0.2, 0.25) is 5.78 Å². The van der Waals surface area contributed by atoms with Gasteiger partial charge in [0.15, 0.2) is 0 Å². The number of ketones is 1. The quantitative estimate of drug-likeness (QED) is 0.591. The van der Waals surface area contributed by atoms with E-state index in [2.05, 4.69) is 12.3 Å². The molecule has 0 spiro atoms. The van der Waals surface area contributed by atoms with Crippen molar-refractivity contribution in [3.63, 3.8) is 0 Å². The predicted molar refractivity (Wildman–Crippen MR) is 82.4 cm³/mol. The topological polar surface area (TPSA) is 49.4 Å². The van der Waals surface area contributed by atoms with Crippen molar-refractivity contribution in [1.82, 2.24) is 10.4 Å². The van der Waals surface area contributed by atoms with Gasteiger partial charge in [-0.15, -0.1) is 0 Å². The zero-order chi connectivity index (χ0) is 15.1. The Kier molecular flexibility index (Phi) is 5.93. The van der Waals surface area contributed by atoms with Crippen LogP contribution in [0.15, 0.2) is 30.3 Å². The van der Waals surface area contributed by atoms with Gasteiger partial charge in [-0.05, 0) is 12.0 Å². The summed E-state index contributed by atoms with van der Waals surface area (Å²) in [5.74, 6) is -0.760. The summed E-state index contributed by atoms with van der Waals surface area (Å²) in [5, 5.41) is 1.49. The van der Waals surface area contributed by atoms with Gasteiger partial charge in [0.1, 0.15) is 6.04 Å². The Balaban J connectivity index is 1.80. The van der Waals surface area contributed by atoms with Crippen molar-refractivity contribution in [2.24, 2.45) is 0 Å². The first-order valence-corrected chi connectivity index (χ1v) is 7.91. The lowest BCUT2D eigenvalue weighted by molar-refractivity contribution is -0.140. The minimum absolute atomic E-state index is 0.354. The monoisotopic (exact) mass is 288 g/mol. The predicted octanol–water partition coefficient (Wildman–Crippen LogP) is 3.00. The molecule has 1 heterocycles. The molecule has 4 heteroatoms. The lowest BCUT2D eigenvalue weighted by atomic mass is 10.0. The highest BCUT2D eigenvalue weighted by Gasteiger charge is 2.38. The molecule has 1 aromatic rings. The SMILES string of the molecule is CCCCCCCCN1NC(c2ccccc2)C(=O)C1=O. The van der Waals surface area contributed by atoms with Crippen LogP contribution in [0.1, 0.15) is 57.1 Å². The van der Waals surface area contributed by atoms with Crippen LogP contribution in [0.5, 0.6) is 0 Å². The van der Waals surface area contributed by atoms with E-state index in [1.54, 1.807) is 0 Å². The second kappa shape index (κ2) is 7.93. The fraction of sp³-hybridized carbons (Fsp3) is 0.529. The number of hydrogen-bond donors (Lipinski definition) is 1. The van der Waals surface area contributed by atoms with Crippen LogP contribution in [-0.2, 0) is 9.59 Å². The third-order valence-corrected chi connectivity index (χ3v) is 3.87. The van der Waals surface area contributed by atoms with Crippen molar-refractivity contribution in [3.05, 3.63) is 35.9 Å². The van der Waals surface area contributed by atoms with Crippen molar-refractivity contribution in [1.29, 1.82) is 0 Å². The number of rotatable bonds is 8. The van der Waals surface area contributed by atoms with E-state index in [-0.39, 0.29) is 5.78 Å². The third-order valence-electron chi connectivity index (χ3n) is 3.87. The van der Waals surface area contributed by atoms with Crippen LogP contribution in [0.2, 0.25) is 0 Å². The Morgan fingerprint density at radius 3 is 2.38 bits per heavy atom. The standard InChI is InChI=1S/C17H24N2O2/c1-2-3-4-5-6-10-13-19-17(21)16(20)15(18-19)14-11-8-7-9-12-14/h7-9,11-12,15,18H,2-6,10,13H2,1H3. The number of unbranched alkanes of at least 4 members (excludes halogenated alkanes) is 5. The van der Waals surface area contributed by atoms with Crippen LogP contribution in [0.25, 0.3) is 0 Å². The lowest BCUT2D eigenvalue weighted by Gasteiger charge is -2.16. The molecule has 1 atom stereocenters. The molecular weight excluding hydrogens is 264 g/mol. The van der Waals surface area contributed by atoms with Crippen molar-refractivity contribution >= 4 is 11.7 Å². The zero-order valence-corrected chi connectivity index (χ0v) is 12.7. The van der Waals surface area contributed by atoms with Gasteiger partial charge in [0, 0.05) is 6.54 Å². The lowest BCUT2D eigenvalue weighted by Crippen LogP contribution is -2.36. The molecule has 0 bridgehead atoms. The summed E-state index contributed by atoms with van der Waals surface area (Å²) < 4.78 is 0.